The number of nitrogens with one attached hydrogen (secondary N) is 1. The molecule has 3 nitrogen and oxygen atoms in total. The zero-order valence-electron chi connectivity index (χ0n) is 9.91. The third-order valence-corrected chi connectivity index (χ3v) is 2.88. The highest BCUT2D eigenvalue weighted by atomic mass is 16.5. The number of ether oxygens (including phenoxy) is 1. The van der Waals surface area contributed by atoms with E-state index < -0.39 is 0 Å². The van der Waals surface area contributed by atoms with E-state index in [2.05, 4.69) is 34.5 Å². The van der Waals surface area contributed by atoms with Crippen molar-refractivity contribution < 1.29 is 4.74 Å². The average Bonchev–Trinajstić information content (AvgIpc) is 2.31. The van der Waals surface area contributed by atoms with Crippen molar-refractivity contribution in [2.24, 2.45) is 0 Å². The van der Waals surface area contributed by atoms with Crippen molar-refractivity contribution in [1.29, 1.82) is 0 Å². The van der Waals surface area contributed by atoms with Gasteiger partial charge in [0.15, 0.2) is 0 Å². The quantitative estimate of drug-likeness (QED) is 0.826. The first-order chi connectivity index (χ1) is 7.88. The van der Waals surface area contributed by atoms with Crippen LogP contribution in [0.1, 0.15) is 11.1 Å². The molecule has 0 bridgehead atoms. The molecule has 1 N–H and O–H groups in total. The molecule has 1 saturated heterocycles. The average molecular weight is 220 g/mol. The summed E-state index contributed by atoms with van der Waals surface area (Å²) in [7, 11) is 1.98. The van der Waals surface area contributed by atoms with E-state index in [-0.39, 0.29) is 0 Å². The lowest BCUT2D eigenvalue weighted by molar-refractivity contribution is 0.0342. The van der Waals surface area contributed by atoms with Crippen molar-refractivity contribution in [3.63, 3.8) is 0 Å². The van der Waals surface area contributed by atoms with Gasteiger partial charge in [-0.15, -0.1) is 0 Å². The van der Waals surface area contributed by atoms with Gasteiger partial charge in [-0.1, -0.05) is 24.3 Å². The van der Waals surface area contributed by atoms with Crippen LogP contribution in [0.4, 0.5) is 0 Å². The van der Waals surface area contributed by atoms with Crippen LogP contribution < -0.4 is 5.32 Å². The zero-order valence-corrected chi connectivity index (χ0v) is 9.91. The predicted molar refractivity (Wildman–Crippen MR) is 65.3 cm³/mol. The Kier molecular flexibility index (Phi) is 4.34. The maximum Gasteiger partial charge on any atom is 0.0594 e. The lowest BCUT2D eigenvalue weighted by Gasteiger charge is -2.26. The smallest absolute Gasteiger partial charge is 0.0594 e. The highest BCUT2D eigenvalue weighted by Crippen LogP contribution is 2.09. The molecule has 0 amide bonds. The molecule has 1 aliphatic rings. The Bertz CT molecular complexity index is 321. The summed E-state index contributed by atoms with van der Waals surface area (Å²) in [6, 6.07) is 8.79. The van der Waals surface area contributed by atoms with Crippen LogP contribution in [0.15, 0.2) is 24.3 Å². The van der Waals surface area contributed by atoms with E-state index in [0.29, 0.717) is 0 Å². The molecule has 1 aromatic rings. The lowest BCUT2D eigenvalue weighted by atomic mass is 10.1. The van der Waals surface area contributed by atoms with Crippen LogP contribution in [0.5, 0.6) is 0 Å². The van der Waals surface area contributed by atoms with Gasteiger partial charge in [0.25, 0.3) is 0 Å². The summed E-state index contributed by atoms with van der Waals surface area (Å²) in [6.45, 7) is 5.83. The van der Waals surface area contributed by atoms with E-state index in [0.717, 1.165) is 39.4 Å². The largest absolute Gasteiger partial charge is 0.379 e. The topological polar surface area (TPSA) is 24.5 Å². The van der Waals surface area contributed by atoms with Crippen LogP contribution in [0.2, 0.25) is 0 Å². The van der Waals surface area contributed by atoms with Crippen molar-refractivity contribution >= 4 is 0 Å². The molecule has 0 spiro atoms. The molecular formula is C13H20N2O. The van der Waals surface area contributed by atoms with Gasteiger partial charge in [-0.2, -0.15) is 0 Å². The van der Waals surface area contributed by atoms with Gasteiger partial charge in [0.2, 0.25) is 0 Å². The molecular weight excluding hydrogens is 200 g/mol. The summed E-state index contributed by atoms with van der Waals surface area (Å²) >= 11 is 0. The van der Waals surface area contributed by atoms with E-state index >= 15 is 0 Å². The van der Waals surface area contributed by atoms with Gasteiger partial charge < -0.3 is 10.1 Å². The predicted octanol–water partition coefficient (Wildman–Crippen LogP) is 1.24. The van der Waals surface area contributed by atoms with Gasteiger partial charge in [0.1, 0.15) is 0 Å². The first kappa shape index (κ1) is 11.6. The zero-order chi connectivity index (χ0) is 11.2. The number of nitrogens with zero attached hydrogens (tertiary/aromatic N) is 1. The van der Waals surface area contributed by atoms with Gasteiger partial charge in [0.05, 0.1) is 13.2 Å². The second-order valence-corrected chi connectivity index (χ2v) is 4.24. The number of hydrogen-bond acceptors (Lipinski definition) is 3. The minimum atomic E-state index is 0.871. The summed E-state index contributed by atoms with van der Waals surface area (Å²) in [5, 5.41) is 3.18. The van der Waals surface area contributed by atoms with E-state index in [9.17, 15) is 0 Å². The lowest BCUT2D eigenvalue weighted by Crippen LogP contribution is -2.35. The molecule has 88 valence electrons. The Morgan fingerprint density at radius 1 is 1.25 bits per heavy atom. The Morgan fingerprint density at radius 2 is 2.00 bits per heavy atom. The fourth-order valence-corrected chi connectivity index (χ4v) is 2.06. The van der Waals surface area contributed by atoms with E-state index in [1.54, 1.807) is 0 Å². The van der Waals surface area contributed by atoms with Gasteiger partial charge in [-0.05, 0) is 18.2 Å². The van der Waals surface area contributed by atoms with E-state index in [1.165, 1.54) is 11.1 Å². The highest BCUT2D eigenvalue weighted by Gasteiger charge is 2.10. The molecule has 0 atom stereocenters. The van der Waals surface area contributed by atoms with Crippen molar-refractivity contribution in [2.75, 3.05) is 33.4 Å². The maximum atomic E-state index is 5.35. The monoisotopic (exact) mass is 220 g/mol. The second-order valence-electron chi connectivity index (χ2n) is 4.24. The molecule has 3 heteroatoms. The molecule has 0 radical (unpaired) electrons. The van der Waals surface area contributed by atoms with Crippen LogP contribution in [0.25, 0.3) is 0 Å². The van der Waals surface area contributed by atoms with Crippen LogP contribution in [-0.4, -0.2) is 38.3 Å². The molecule has 0 saturated carbocycles. The normalized spacial score (nSPS) is 17.6. The Labute approximate surface area is 97.4 Å². The highest BCUT2D eigenvalue weighted by molar-refractivity contribution is 5.23. The molecule has 0 unspecified atom stereocenters. The summed E-state index contributed by atoms with van der Waals surface area (Å²) in [6.07, 6.45) is 0. The summed E-state index contributed by atoms with van der Waals surface area (Å²) in [5.74, 6) is 0. The molecule has 16 heavy (non-hydrogen) atoms. The molecule has 0 aromatic heterocycles. The first-order valence-electron chi connectivity index (χ1n) is 5.91. The number of benzene rings is 1. The van der Waals surface area contributed by atoms with Crippen LogP contribution in [-0.2, 0) is 17.8 Å². The van der Waals surface area contributed by atoms with E-state index in [4.69, 9.17) is 4.74 Å². The fraction of sp³-hybridized carbons (Fsp3) is 0.538. The minimum Gasteiger partial charge on any atom is -0.379 e. The SMILES string of the molecule is CNCc1cccc(CN2CCOCC2)c1. The molecule has 1 aromatic carbocycles. The van der Waals surface area contributed by atoms with E-state index in [1.807, 2.05) is 7.05 Å². The van der Waals surface area contributed by atoms with Gasteiger partial charge in [-0.3, -0.25) is 4.90 Å². The maximum absolute atomic E-state index is 5.35. The van der Waals surface area contributed by atoms with Gasteiger partial charge in [-0.25, -0.2) is 0 Å². The molecule has 1 heterocycles. The molecule has 1 aliphatic heterocycles. The van der Waals surface area contributed by atoms with Crippen LogP contribution >= 0.6 is 0 Å². The fourth-order valence-electron chi connectivity index (χ4n) is 2.06. The number of morpholine rings is 1. The molecule has 1 fully saturated rings. The second kappa shape index (κ2) is 5.99. The first-order valence-corrected chi connectivity index (χ1v) is 5.91. The Balaban J connectivity index is 1.94. The Morgan fingerprint density at radius 3 is 2.75 bits per heavy atom. The summed E-state index contributed by atoms with van der Waals surface area (Å²) in [5.41, 5.74) is 2.75. The van der Waals surface area contributed by atoms with Crippen molar-refractivity contribution in [3.05, 3.63) is 35.4 Å². The standard InChI is InChI=1S/C13H20N2O/c1-14-10-12-3-2-4-13(9-12)11-15-5-7-16-8-6-15/h2-4,9,14H,5-8,10-11H2,1H3. The molecule has 2 rings (SSSR count). The van der Waals surface area contributed by atoms with Crippen molar-refractivity contribution in [2.45, 2.75) is 13.1 Å². The third-order valence-electron chi connectivity index (χ3n) is 2.88. The number of hydrogen-bond donors (Lipinski definition) is 1. The molecule has 0 aliphatic carbocycles. The summed E-state index contributed by atoms with van der Waals surface area (Å²) in [4.78, 5) is 2.45. The summed E-state index contributed by atoms with van der Waals surface area (Å²) < 4.78 is 5.35. The van der Waals surface area contributed by atoms with Crippen LogP contribution in [0.3, 0.4) is 0 Å². The van der Waals surface area contributed by atoms with Gasteiger partial charge >= 0.3 is 0 Å². The van der Waals surface area contributed by atoms with Crippen LogP contribution in [0, 0.1) is 0 Å². The number of rotatable bonds is 4. The van der Waals surface area contributed by atoms with Crippen molar-refractivity contribution in [3.8, 4) is 0 Å². The Hall–Kier alpha value is -0.900. The third kappa shape index (κ3) is 3.30. The van der Waals surface area contributed by atoms with Crippen molar-refractivity contribution in [1.82, 2.24) is 10.2 Å². The minimum absolute atomic E-state index is 0.871. The van der Waals surface area contributed by atoms with Gasteiger partial charge in [0, 0.05) is 26.2 Å².